The molecule has 2 bridgehead atoms. The molecule has 198 valence electrons. The number of para-hydroxylation sites is 1. The summed E-state index contributed by atoms with van der Waals surface area (Å²) in [5.74, 6) is -1.88. The Bertz CT molecular complexity index is 940. The highest BCUT2D eigenvalue weighted by Gasteiger charge is 2.78. The molecule has 0 aliphatic carbocycles. The molecule has 0 radical (unpaired) electrons. The van der Waals surface area contributed by atoms with Crippen LogP contribution in [0.4, 0.5) is 5.69 Å². The molecular weight excluding hydrogens is 458 g/mol. The number of carbonyl (C=O) groups is 3. The topological polar surface area (TPSA) is 108 Å². The average molecular weight is 500 g/mol. The van der Waals surface area contributed by atoms with E-state index in [1.165, 1.54) is 0 Å². The van der Waals surface area contributed by atoms with Crippen LogP contribution in [-0.2, 0) is 19.1 Å². The second kappa shape index (κ2) is 11.3. The van der Waals surface area contributed by atoms with Gasteiger partial charge in [-0.25, -0.2) is 0 Å². The Morgan fingerprint density at radius 3 is 2.53 bits per heavy atom. The van der Waals surface area contributed by atoms with Gasteiger partial charge in [0.2, 0.25) is 17.7 Å². The lowest BCUT2D eigenvalue weighted by Gasteiger charge is -2.34. The Balaban J connectivity index is 1.63. The Kier molecular flexibility index (Phi) is 8.35. The molecule has 1 spiro atoms. The van der Waals surface area contributed by atoms with Crippen LogP contribution in [0.3, 0.4) is 0 Å². The lowest BCUT2D eigenvalue weighted by molar-refractivity contribution is -0.146. The van der Waals surface area contributed by atoms with Crippen molar-refractivity contribution >= 4 is 23.4 Å². The van der Waals surface area contributed by atoms with E-state index in [4.69, 9.17) is 4.74 Å². The SMILES string of the molecule is CCCCCNC(=O)C1N(CCCCCO)C(=O)[C@@H]2[C@@H](C(=O)Nc3ccccc3)[C@@]3(CC)CCC12O3. The molecular formula is C28H41N3O5. The van der Waals surface area contributed by atoms with Crippen molar-refractivity contribution < 1.29 is 24.2 Å². The second-order valence-corrected chi connectivity index (χ2v) is 10.5. The Hall–Kier alpha value is -2.45. The molecule has 0 saturated carbocycles. The van der Waals surface area contributed by atoms with Gasteiger partial charge in [0.05, 0.1) is 17.4 Å². The van der Waals surface area contributed by atoms with Crippen LogP contribution in [-0.4, -0.2) is 64.7 Å². The molecule has 5 atom stereocenters. The second-order valence-electron chi connectivity index (χ2n) is 10.5. The van der Waals surface area contributed by atoms with E-state index in [2.05, 4.69) is 17.6 Å². The molecule has 3 aliphatic rings. The van der Waals surface area contributed by atoms with Crippen molar-refractivity contribution in [1.82, 2.24) is 10.2 Å². The fourth-order valence-electron chi connectivity index (χ4n) is 6.65. The molecule has 8 heteroatoms. The molecule has 3 saturated heterocycles. The van der Waals surface area contributed by atoms with Gasteiger partial charge in [-0.1, -0.05) is 44.9 Å². The summed E-state index contributed by atoms with van der Waals surface area (Å²) in [4.78, 5) is 43.0. The van der Waals surface area contributed by atoms with Gasteiger partial charge >= 0.3 is 0 Å². The fraction of sp³-hybridized carbons (Fsp3) is 0.679. The van der Waals surface area contributed by atoms with Crippen LogP contribution in [0.1, 0.15) is 71.6 Å². The number of aliphatic hydroxyl groups is 1. The van der Waals surface area contributed by atoms with Crippen molar-refractivity contribution in [2.75, 3.05) is 25.0 Å². The van der Waals surface area contributed by atoms with E-state index in [1.54, 1.807) is 4.90 Å². The maximum absolute atomic E-state index is 14.0. The maximum atomic E-state index is 14.0. The van der Waals surface area contributed by atoms with Gasteiger partial charge in [0.25, 0.3) is 0 Å². The summed E-state index contributed by atoms with van der Waals surface area (Å²) in [6, 6.07) is 8.52. The number of ether oxygens (including phenoxy) is 1. The van der Waals surface area contributed by atoms with Crippen molar-refractivity contribution in [1.29, 1.82) is 0 Å². The number of likely N-dealkylation sites (tertiary alicyclic amines) is 1. The molecule has 3 fully saturated rings. The van der Waals surface area contributed by atoms with Crippen LogP contribution in [0.15, 0.2) is 30.3 Å². The molecule has 3 heterocycles. The Morgan fingerprint density at radius 2 is 1.83 bits per heavy atom. The molecule has 1 aromatic rings. The number of benzene rings is 1. The summed E-state index contributed by atoms with van der Waals surface area (Å²) < 4.78 is 6.76. The largest absolute Gasteiger partial charge is 0.396 e. The maximum Gasteiger partial charge on any atom is 0.245 e. The monoisotopic (exact) mass is 499 g/mol. The van der Waals surface area contributed by atoms with E-state index >= 15 is 0 Å². The molecule has 4 rings (SSSR count). The molecule has 1 aromatic carbocycles. The number of aliphatic hydroxyl groups excluding tert-OH is 1. The van der Waals surface area contributed by atoms with Gasteiger partial charge < -0.3 is 25.4 Å². The Labute approximate surface area is 214 Å². The number of hydrogen-bond acceptors (Lipinski definition) is 5. The van der Waals surface area contributed by atoms with Gasteiger partial charge in [-0.15, -0.1) is 0 Å². The minimum absolute atomic E-state index is 0.103. The highest BCUT2D eigenvalue weighted by molar-refractivity contribution is 6.02. The minimum Gasteiger partial charge on any atom is -0.396 e. The number of unbranched alkanes of at least 4 members (excludes halogenated alkanes) is 4. The van der Waals surface area contributed by atoms with E-state index in [-0.39, 0.29) is 24.3 Å². The average Bonchev–Trinajstić information content (AvgIpc) is 3.48. The van der Waals surface area contributed by atoms with Gasteiger partial charge in [0.1, 0.15) is 11.6 Å². The first-order valence-corrected chi connectivity index (χ1v) is 13.7. The third-order valence-corrected chi connectivity index (χ3v) is 8.39. The number of nitrogens with zero attached hydrogens (tertiary/aromatic N) is 1. The molecule has 8 nitrogen and oxygen atoms in total. The number of nitrogens with one attached hydrogen (secondary N) is 2. The summed E-state index contributed by atoms with van der Waals surface area (Å²) >= 11 is 0. The standard InChI is InChI=1S/C28H41N3O5/c1-3-5-10-17-29-25(34)23-28-16-15-27(4-2,36-28)21(24(33)30-20-13-8-6-9-14-20)22(28)26(35)31(23)18-11-7-12-19-32/h6,8-9,13-14,21-23,32H,3-5,7,10-12,15-19H2,1-2H3,(H,29,34)(H,30,33)/t21-,22-,23?,27+,28?/m0/s1. The predicted molar refractivity (Wildman–Crippen MR) is 137 cm³/mol. The number of carbonyl (C=O) groups excluding carboxylic acids is 3. The highest BCUT2D eigenvalue weighted by atomic mass is 16.5. The van der Waals surface area contributed by atoms with Crippen molar-refractivity contribution in [2.24, 2.45) is 11.8 Å². The molecule has 3 aliphatic heterocycles. The third kappa shape index (κ3) is 4.65. The zero-order valence-corrected chi connectivity index (χ0v) is 21.6. The van der Waals surface area contributed by atoms with Gasteiger partial charge in [0, 0.05) is 25.4 Å². The summed E-state index contributed by atoms with van der Waals surface area (Å²) in [5.41, 5.74) is -1.05. The number of anilines is 1. The van der Waals surface area contributed by atoms with Crippen molar-refractivity contribution in [3.63, 3.8) is 0 Å². The highest BCUT2D eigenvalue weighted by Crippen LogP contribution is 2.64. The van der Waals surface area contributed by atoms with Gasteiger partial charge in [-0.05, 0) is 57.1 Å². The van der Waals surface area contributed by atoms with Crippen molar-refractivity contribution in [3.05, 3.63) is 30.3 Å². The van der Waals surface area contributed by atoms with Crippen LogP contribution < -0.4 is 10.6 Å². The summed E-state index contributed by atoms with van der Waals surface area (Å²) in [7, 11) is 0. The molecule has 0 aromatic heterocycles. The first-order chi connectivity index (χ1) is 17.4. The van der Waals surface area contributed by atoms with E-state index < -0.39 is 29.1 Å². The molecule has 36 heavy (non-hydrogen) atoms. The zero-order chi connectivity index (χ0) is 25.8. The third-order valence-electron chi connectivity index (χ3n) is 8.39. The molecule has 3 amide bonds. The van der Waals surface area contributed by atoms with Gasteiger partial charge in [-0.3, -0.25) is 14.4 Å². The smallest absolute Gasteiger partial charge is 0.245 e. The van der Waals surface area contributed by atoms with Crippen molar-refractivity contribution in [3.8, 4) is 0 Å². The first-order valence-electron chi connectivity index (χ1n) is 13.7. The van der Waals surface area contributed by atoms with E-state index in [0.717, 1.165) is 25.7 Å². The van der Waals surface area contributed by atoms with Gasteiger partial charge in [0.15, 0.2) is 0 Å². The number of rotatable bonds is 13. The van der Waals surface area contributed by atoms with Crippen LogP contribution in [0.25, 0.3) is 0 Å². The summed E-state index contributed by atoms with van der Waals surface area (Å²) in [5, 5.41) is 15.2. The van der Waals surface area contributed by atoms with Crippen LogP contribution >= 0.6 is 0 Å². The number of fused-ring (bicyclic) bond motifs is 1. The normalized spacial score (nSPS) is 30.5. The molecule has 2 unspecified atom stereocenters. The van der Waals surface area contributed by atoms with Crippen molar-refractivity contribution in [2.45, 2.75) is 88.9 Å². The predicted octanol–water partition coefficient (Wildman–Crippen LogP) is 3.25. The number of hydrogen-bond donors (Lipinski definition) is 3. The lowest BCUT2D eigenvalue weighted by Crippen LogP contribution is -2.55. The summed E-state index contributed by atoms with van der Waals surface area (Å²) in [6.07, 6.45) is 6.92. The first kappa shape index (κ1) is 26.6. The fourth-order valence-corrected chi connectivity index (χ4v) is 6.65. The van der Waals surface area contributed by atoms with E-state index in [1.807, 2.05) is 37.3 Å². The zero-order valence-electron chi connectivity index (χ0n) is 21.6. The minimum atomic E-state index is -0.988. The molecule has 3 N–H and O–H groups in total. The number of amides is 3. The Morgan fingerprint density at radius 1 is 1.06 bits per heavy atom. The van der Waals surface area contributed by atoms with Crippen LogP contribution in [0, 0.1) is 11.8 Å². The summed E-state index contributed by atoms with van der Waals surface area (Å²) in [6.45, 7) is 5.20. The van der Waals surface area contributed by atoms with Crippen LogP contribution in [0.5, 0.6) is 0 Å². The van der Waals surface area contributed by atoms with Crippen LogP contribution in [0.2, 0.25) is 0 Å². The van der Waals surface area contributed by atoms with E-state index in [9.17, 15) is 19.5 Å². The van der Waals surface area contributed by atoms with Gasteiger partial charge in [-0.2, -0.15) is 0 Å². The lowest BCUT2D eigenvalue weighted by atomic mass is 9.65. The van der Waals surface area contributed by atoms with E-state index in [0.29, 0.717) is 50.9 Å². The quantitative estimate of drug-likeness (QED) is 0.361.